The zero-order chi connectivity index (χ0) is 18.2. The van der Waals surface area contributed by atoms with E-state index in [4.69, 9.17) is 14.2 Å². The van der Waals surface area contributed by atoms with Gasteiger partial charge in [-0.25, -0.2) is 9.78 Å². The summed E-state index contributed by atoms with van der Waals surface area (Å²) < 4.78 is 16.3. The number of anilines is 1. The van der Waals surface area contributed by atoms with E-state index in [0.29, 0.717) is 23.2 Å². The van der Waals surface area contributed by atoms with Gasteiger partial charge in [0.25, 0.3) is 0 Å². The van der Waals surface area contributed by atoms with Crippen LogP contribution in [0.25, 0.3) is 0 Å². The van der Waals surface area contributed by atoms with Gasteiger partial charge in [-0.15, -0.1) is 11.3 Å². The van der Waals surface area contributed by atoms with E-state index >= 15 is 0 Å². The van der Waals surface area contributed by atoms with Crippen molar-refractivity contribution in [3.8, 4) is 11.5 Å². The number of esters is 1. The minimum Gasteiger partial charge on any atom is -0.493 e. The molecule has 0 aliphatic heterocycles. The lowest BCUT2D eigenvalue weighted by molar-refractivity contribution is -0.145. The van der Waals surface area contributed by atoms with E-state index in [0.717, 1.165) is 15.7 Å². The zero-order valence-electron chi connectivity index (χ0n) is 14.0. The Morgan fingerprint density at radius 2 is 2.24 bits per heavy atom. The van der Waals surface area contributed by atoms with E-state index in [-0.39, 0.29) is 6.61 Å². The predicted molar refractivity (Wildman–Crippen MR) is 101 cm³/mol. The van der Waals surface area contributed by atoms with E-state index < -0.39 is 5.97 Å². The van der Waals surface area contributed by atoms with Crippen LogP contribution >= 0.6 is 27.3 Å². The summed E-state index contributed by atoms with van der Waals surface area (Å²) in [5.41, 5.74) is 4.59. The van der Waals surface area contributed by atoms with E-state index in [9.17, 15) is 4.79 Å². The van der Waals surface area contributed by atoms with Crippen molar-refractivity contribution in [1.29, 1.82) is 0 Å². The summed E-state index contributed by atoms with van der Waals surface area (Å²) in [6.07, 6.45) is 1.64. The van der Waals surface area contributed by atoms with Crippen LogP contribution in [0.3, 0.4) is 0 Å². The number of rotatable bonds is 8. The van der Waals surface area contributed by atoms with Crippen LogP contribution < -0.4 is 14.9 Å². The van der Waals surface area contributed by atoms with Gasteiger partial charge in [0.2, 0.25) is 5.13 Å². The second kappa shape index (κ2) is 9.38. The van der Waals surface area contributed by atoms with E-state index in [2.05, 4.69) is 31.4 Å². The molecule has 1 N–H and O–H groups in total. The lowest BCUT2D eigenvalue weighted by atomic mass is 10.2. The molecule has 0 fully saturated rings. The Hall–Kier alpha value is -2.13. The fourth-order valence-corrected chi connectivity index (χ4v) is 2.89. The summed E-state index contributed by atoms with van der Waals surface area (Å²) in [6.45, 7) is 3.78. The first-order valence-corrected chi connectivity index (χ1v) is 9.08. The summed E-state index contributed by atoms with van der Waals surface area (Å²) in [7, 11) is 1.53. The number of hydrogen-bond donors (Lipinski definition) is 1. The van der Waals surface area contributed by atoms with Gasteiger partial charge in [0.1, 0.15) is 0 Å². The smallest absolute Gasteiger partial charge is 0.344 e. The minimum atomic E-state index is -0.436. The van der Waals surface area contributed by atoms with Crippen molar-refractivity contribution < 1.29 is 19.0 Å². The van der Waals surface area contributed by atoms with Crippen LogP contribution in [0.1, 0.15) is 18.2 Å². The average Bonchev–Trinajstić information content (AvgIpc) is 3.00. The Kier molecular flexibility index (Phi) is 7.20. The molecule has 1 aromatic heterocycles. The molecule has 9 heteroatoms. The summed E-state index contributed by atoms with van der Waals surface area (Å²) in [6, 6.07) is 3.47. The monoisotopic (exact) mass is 427 g/mol. The number of halogens is 1. The van der Waals surface area contributed by atoms with Crippen LogP contribution in [0.4, 0.5) is 5.13 Å². The van der Waals surface area contributed by atoms with Gasteiger partial charge in [-0.2, -0.15) is 5.10 Å². The molecule has 2 rings (SSSR count). The molecule has 0 unspecified atom stereocenters. The summed E-state index contributed by atoms with van der Waals surface area (Å²) >= 11 is 4.93. The van der Waals surface area contributed by atoms with Gasteiger partial charge in [0.05, 0.1) is 25.6 Å². The fourth-order valence-electron chi connectivity index (χ4n) is 1.82. The van der Waals surface area contributed by atoms with E-state index in [1.54, 1.807) is 25.3 Å². The molecule has 0 spiro atoms. The molecular formula is C16H18BrN3O4S. The maximum Gasteiger partial charge on any atom is 0.344 e. The molecule has 2 aromatic rings. The number of nitrogens with one attached hydrogen (secondary N) is 1. The first-order valence-electron chi connectivity index (χ1n) is 7.40. The van der Waals surface area contributed by atoms with Crippen molar-refractivity contribution in [3.63, 3.8) is 0 Å². The molecule has 0 radical (unpaired) electrons. The van der Waals surface area contributed by atoms with Gasteiger partial charge in [-0.3, -0.25) is 5.43 Å². The Morgan fingerprint density at radius 1 is 1.44 bits per heavy atom. The highest BCUT2D eigenvalue weighted by Gasteiger charge is 2.12. The molecule has 0 saturated carbocycles. The molecule has 134 valence electrons. The number of methoxy groups -OCH3 is 1. The standard InChI is InChI=1S/C16H18BrN3O4S/c1-4-23-15(21)8-24-14-6-12(17)11(5-13(14)22-3)7-18-20-16-19-10(2)9-25-16/h5-7,9H,4,8H2,1-3H3,(H,19,20). The molecule has 1 aromatic carbocycles. The van der Waals surface area contributed by atoms with Gasteiger partial charge in [-0.1, -0.05) is 0 Å². The Balaban J connectivity index is 2.08. The van der Waals surface area contributed by atoms with Gasteiger partial charge in [0.15, 0.2) is 18.1 Å². The Labute approximate surface area is 158 Å². The number of aryl methyl sites for hydroxylation is 1. The quantitative estimate of drug-likeness (QED) is 0.393. The van der Waals surface area contributed by atoms with Gasteiger partial charge < -0.3 is 14.2 Å². The van der Waals surface area contributed by atoms with Crippen molar-refractivity contribution in [2.45, 2.75) is 13.8 Å². The summed E-state index contributed by atoms with van der Waals surface area (Å²) in [5.74, 6) is 0.483. The van der Waals surface area contributed by atoms with Crippen LogP contribution in [0.15, 0.2) is 27.1 Å². The highest BCUT2D eigenvalue weighted by atomic mass is 79.9. The number of carbonyl (C=O) groups excluding carboxylic acids is 1. The normalized spacial score (nSPS) is 10.7. The topological polar surface area (TPSA) is 82.0 Å². The Morgan fingerprint density at radius 3 is 2.88 bits per heavy atom. The number of ether oxygens (including phenoxy) is 3. The van der Waals surface area contributed by atoms with Gasteiger partial charge >= 0.3 is 5.97 Å². The molecular weight excluding hydrogens is 410 g/mol. The summed E-state index contributed by atoms with van der Waals surface area (Å²) in [5, 5.41) is 6.81. The zero-order valence-corrected chi connectivity index (χ0v) is 16.4. The van der Waals surface area contributed by atoms with Gasteiger partial charge in [0, 0.05) is 15.4 Å². The van der Waals surface area contributed by atoms with Gasteiger partial charge in [-0.05, 0) is 41.9 Å². The van der Waals surface area contributed by atoms with Crippen LogP contribution in [0, 0.1) is 6.92 Å². The number of carbonyl (C=O) groups is 1. The van der Waals surface area contributed by atoms with Crippen molar-refractivity contribution >= 4 is 44.6 Å². The summed E-state index contributed by atoms with van der Waals surface area (Å²) in [4.78, 5) is 15.7. The third-order valence-electron chi connectivity index (χ3n) is 2.92. The lowest BCUT2D eigenvalue weighted by Crippen LogP contribution is -2.15. The largest absolute Gasteiger partial charge is 0.493 e. The highest BCUT2D eigenvalue weighted by molar-refractivity contribution is 9.10. The molecule has 1 heterocycles. The maximum atomic E-state index is 11.4. The van der Waals surface area contributed by atoms with Crippen molar-refractivity contribution in [1.82, 2.24) is 4.98 Å². The molecule has 0 aliphatic carbocycles. The van der Waals surface area contributed by atoms with Crippen molar-refractivity contribution in [3.05, 3.63) is 33.2 Å². The average molecular weight is 428 g/mol. The maximum absolute atomic E-state index is 11.4. The molecule has 0 saturated heterocycles. The first-order chi connectivity index (χ1) is 12.0. The van der Waals surface area contributed by atoms with Crippen molar-refractivity contribution in [2.24, 2.45) is 5.10 Å². The number of hydrogen-bond acceptors (Lipinski definition) is 8. The van der Waals surface area contributed by atoms with Crippen LogP contribution in [0.5, 0.6) is 11.5 Å². The third-order valence-corrected chi connectivity index (χ3v) is 4.47. The SMILES string of the molecule is CCOC(=O)COc1cc(Br)c(C=NNc2nc(C)cs2)cc1OC. The number of aromatic nitrogens is 1. The number of thiazole rings is 1. The number of benzene rings is 1. The van der Waals surface area contributed by atoms with Crippen LogP contribution in [0.2, 0.25) is 0 Å². The molecule has 0 atom stereocenters. The molecule has 0 amide bonds. The lowest BCUT2D eigenvalue weighted by Gasteiger charge is -2.12. The van der Waals surface area contributed by atoms with Crippen LogP contribution in [-0.2, 0) is 9.53 Å². The third kappa shape index (κ3) is 5.71. The van der Waals surface area contributed by atoms with Crippen molar-refractivity contribution in [2.75, 3.05) is 25.7 Å². The highest BCUT2D eigenvalue weighted by Crippen LogP contribution is 2.33. The molecule has 0 aliphatic rings. The fraction of sp³-hybridized carbons (Fsp3) is 0.312. The minimum absolute atomic E-state index is 0.185. The number of hydrazone groups is 1. The molecule has 0 bridgehead atoms. The Bertz CT molecular complexity index is 764. The predicted octanol–water partition coefficient (Wildman–Crippen LogP) is 3.61. The molecule has 25 heavy (non-hydrogen) atoms. The first kappa shape index (κ1) is 19.2. The van der Waals surface area contributed by atoms with Crippen LogP contribution in [-0.4, -0.2) is 37.5 Å². The second-order valence-electron chi connectivity index (χ2n) is 4.78. The van der Waals surface area contributed by atoms with E-state index in [1.165, 1.54) is 18.4 Å². The second-order valence-corrected chi connectivity index (χ2v) is 6.49. The number of nitrogens with zero attached hydrogens (tertiary/aromatic N) is 2. The van der Waals surface area contributed by atoms with E-state index in [1.807, 2.05) is 12.3 Å². The molecule has 7 nitrogen and oxygen atoms in total.